The summed E-state index contributed by atoms with van der Waals surface area (Å²) in [5.74, 6) is -0.448. The zero-order valence-corrected chi connectivity index (χ0v) is 14.7. The zero-order chi connectivity index (χ0) is 16.9. The lowest BCUT2D eigenvalue weighted by atomic mass is 10.1. The molecule has 2 amide bonds. The lowest BCUT2D eigenvalue weighted by Gasteiger charge is -2.06. The Morgan fingerprint density at radius 1 is 1.04 bits per heavy atom. The largest absolute Gasteiger partial charge is 0.279 e. The number of carbonyl (C=O) groups excluding carboxylic acids is 2. The first-order valence-electron chi connectivity index (χ1n) is 8.38. The molecule has 5 heteroatoms. The molecule has 3 rings (SSSR count). The average molecular weight is 342 g/mol. The molecule has 1 heterocycles. The number of hydrogen-bond acceptors (Lipinski definition) is 3. The van der Waals surface area contributed by atoms with E-state index in [9.17, 15) is 9.59 Å². The molecule has 2 aromatic rings. The molecule has 0 saturated carbocycles. The number of aryl methyl sites for hydroxylation is 3. The van der Waals surface area contributed by atoms with E-state index >= 15 is 0 Å². The molecule has 2 N–H and O–H groups in total. The molecule has 0 saturated heterocycles. The maximum absolute atomic E-state index is 12.2. The fraction of sp³-hybridized carbons (Fsp3) is 0.368. The fourth-order valence-corrected chi connectivity index (χ4v) is 4.05. The van der Waals surface area contributed by atoms with Gasteiger partial charge in [0.05, 0.1) is 11.3 Å². The maximum atomic E-state index is 12.2. The number of amides is 2. The number of benzene rings is 1. The summed E-state index contributed by atoms with van der Waals surface area (Å²) in [7, 11) is 0. The molecule has 1 aliphatic rings. The number of fused-ring (bicyclic) bond motifs is 1. The van der Waals surface area contributed by atoms with E-state index in [-0.39, 0.29) is 18.2 Å². The molecule has 1 aromatic heterocycles. The number of rotatable bonds is 3. The number of carbonyl (C=O) groups is 2. The van der Waals surface area contributed by atoms with Crippen LogP contribution in [0.1, 0.15) is 50.5 Å². The Morgan fingerprint density at radius 2 is 1.79 bits per heavy atom. The first-order valence-corrected chi connectivity index (χ1v) is 9.20. The summed E-state index contributed by atoms with van der Waals surface area (Å²) in [5.41, 5.74) is 8.42. The van der Waals surface area contributed by atoms with Gasteiger partial charge in [0.1, 0.15) is 0 Å². The summed E-state index contributed by atoms with van der Waals surface area (Å²) >= 11 is 1.55. The van der Waals surface area contributed by atoms with Crippen LogP contribution in [0.4, 0.5) is 0 Å². The maximum Gasteiger partial charge on any atom is 0.279 e. The summed E-state index contributed by atoms with van der Waals surface area (Å²) in [6.07, 6.45) is 6.02. The Balaban J connectivity index is 1.53. The number of hydrogen-bond donors (Lipinski definition) is 2. The van der Waals surface area contributed by atoms with Crippen LogP contribution in [0, 0.1) is 6.92 Å². The summed E-state index contributed by atoms with van der Waals surface area (Å²) in [6.45, 7) is 2.01. The van der Waals surface area contributed by atoms with Crippen LogP contribution < -0.4 is 10.9 Å². The van der Waals surface area contributed by atoms with Crippen molar-refractivity contribution in [2.75, 3.05) is 0 Å². The van der Waals surface area contributed by atoms with E-state index in [2.05, 4.69) is 10.9 Å². The van der Waals surface area contributed by atoms with Crippen molar-refractivity contribution in [1.29, 1.82) is 0 Å². The SMILES string of the molecule is Cc1ccc(CC(=O)NNC(=O)c2cc3c(s2)CCCCC3)cc1. The van der Waals surface area contributed by atoms with E-state index in [0.29, 0.717) is 4.88 Å². The molecule has 0 unspecified atom stereocenters. The summed E-state index contributed by atoms with van der Waals surface area (Å²) in [6, 6.07) is 9.77. The predicted octanol–water partition coefficient (Wildman–Crippen LogP) is 3.33. The number of nitrogens with one attached hydrogen (secondary N) is 2. The van der Waals surface area contributed by atoms with Gasteiger partial charge in [-0.15, -0.1) is 11.3 Å². The molecule has 0 spiro atoms. The van der Waals surface area contributed by atoms with E-state index in [1.165, 1.54) is 29.7 Å². The standard InChI is InChI=1S/C19H22N2O2S/c1-13-7-9-14(10-8-13)11-18(22)20-21-19(23)17-12-15-5-3-2-4-6-16(15)24-17/h7-10,12H,2-6,11H2,1H3,(H,20,22)(H,21,23). The van der Waals surface area contributed by atoms with Gasteiger partial charge in [-0.25, -0.2) is 0 Å². The summed E-state index contributed by atoms with van der Waals surface area (Å²) in [4.78, 5) is 26.2. The predicted molar refractivity (Wildman–Crippen MR) is 96.1 cm³/mol. The van der Waals surface area contributed by atoms with E-state index < -0.39 is 0 Å². The van der Waals surface area contributed by atoms with Crippen molar-refractivity contribution in [1.82, 2.24) is 10.9 Å². The van der Waals surface area contributed by atoms with Crippen LogP contribution in [-0.2, 0) is 24.1 Å². The first kappa shape index (κ1) is 16.7. The van der Waals surface area contributed by atoms with Gasteiger partial charge < -0.3 is 0 Å². The molecule has 1 aromatic carbocycles. The lowest BCUT2D eigenvalue weighted by Crippen LogP contribution is -2.42. The Morgan fingerprint density at radius 3 is 2.58 bits per heavy atom. The summed E-state index contributed by atoms with van der Waals surface area (Å²) < 4.78 is 0. The van der Waals surface area contributed by atoms with Crippen molar-refractivity contribution < 1.29 is 9.59 Å². The molecular weight excluding hydrogens is 320 g/mol. The highest BCUT2D eigenvalue weighted by Gasteiger charge is 2.16. The van der Waals surface area contributed by atoms with Crippen molar-refractivity contribution in [2.24, 2.45) is 0 Å². The quantitative estimate of drug-likeness (QED) is 0.664. The minimum atomic E-state index is -0.231. The number of thiophene rings is 1. The van der Waals surface area contributed by atoms with Crippen LogP contribution in [0.5, 0.6) is 0 Å². The van der Waals surface area contributed by atoms with Crippen molar-refractivity contribution in [2.45, 2.75) is 45.4 Å². The van der Waals surface area contributed by atoms with Gasteiger partial charge >= 0.3 is 0 Å². The molecule has 0 atom stereocenters. The van der Waals surface area contributed by atoms with Gasteiger partial charge in [0, 0.05) is 4.88 Å². The molecular formula is C19H22N2O2S. The second-order valence-corrected chi connectivity index (χ2v) is 7.42. The topological polar surface area (TPSA) is 58.2 Å². The minimum Gasteiger partial charge on any atom is -0.273 e. The molecule has 0 bridgehead atoms. The van der Waals surface area contributed by atoms with Gasteiger partial charge in [0.2, 0.25) is 5.91 Å². The molecule has 1 aliphatic carbocycles. The highest BCUT2D eigenvalue weighted by atomic mass is 32.1. The van der Waals surface area contributed by atoms with E-state index in [0.717, 1.165) is 24.0 Å². The van der Waals surface area contributed by atoms with Crippen LogP contribution >= 0.6 is 11.3 Å². The van der Waals surface area contributed by atoms with Crippen molar-refractivity contribution in [3.05, 3.63) is 56.8 Å². The normalized spacial score (nSPS) is 13.7. The van der Waals surface area contributed by atoms with Gasteiger partial charge in [0.15, 0.2) is 0 Å². The molecule has 0 radical (unpaired) electrons. The smallest absolute Gasteiger partial charge is 0.273 e. The second-order valence-electron chi connectivity index (χ2n) is 6.28. The third-order valence-electron chi connectivity index (χ3n) is 4.27. The molecule has 0 aliphatic heterocycles. The highest BCUT2D eigenvalue weighted by Crippen LogP contribution is 2.28. The first-order chi connectivity index (χ1) is 11.6. The van der Waals surface area contributed by atoms with Gasteiger partial charge in [-0.1, -0.05) is 36.2 Å². The highest BCUT2D eigenvalue weighted by molar-refractivity contribution is 7.14. The van der Waals surface area contributed by atoms with Crippen LogP contribution in [-0.4, -0.2) is 11.8 Å². The number of hydrazine groups is 1. The van der Waals surface area contributed by atoms with Gasteiger partial charge in [0.25, 0.3) is 5.91 Å². The van der Waals surface area contributed by atoms with Gasteiger partial charge in [-0.2, -0.15) is 0 Å². The monoisotopic (exact) mass is 342 g/mol. The fourth-order valence-electron chi connectivity index (χ4n) is 2.90. The lowest BCUT2D eigenvalue weighted by molar-refractivity contribution is -0.121. The third kappa shape index (κ3) is 4.23. The molecule has 126 valence electrons. The molecule has 0 fully saturated rings. The van der Waals surface area contributed by atoms with Crippen molar-refractivity contribution in [3.63, 3.8) is 0 Å². The van der Waals surface area contributed by atoms with Gasteiger partial charge in [-0.05, 0) is 49.8 Å². The third-order valence-corrected chi connectivity index (χ3v) is 5.51. The molecule has 4 nitrogen and oxygen atoms in total. The van der Waals surface area contributed by atoms with E-state index in [1.54, 1.807) is 11.3 Å². The Hall–Kier alpha value is -2.14. The average Bonchev–Trinajstić information content (AvgIpc) is 2.86. The Labute approximate surface area is 146 Å². The zero-order valence-electron chi connectivity index (χ0n) is 13.9. The van der Waals surface area contributed by atoms with Crippen LogP contribution in [0.3, 0.4) is 0 Å². The van der Waals surface area contributed by atoms with Gasteiger partial charge in [-0.3, -0.25) is 20.4 Å². The Kier molecular flexibility index (Phi) is 5.30. The minimum absolute atomic E-state index is 0.217. The van der Waals surface area contributed by atoms with Crippen LogP contribution in [0.2, 0.25) is 0 Å². The summed E-state index contributed by atoms with van der Waals surface area (Å²) in [5, 5.41) is 0. The van der Waals surface area contributed by atoms with E-state index in [4.69, 9.17) is 0 Å². The van der Waals surface area contributed by atoms with Crippen molar-refractivity contribution >= 4 is 23.2 Å². The van der Waals surface area contributed by atoms with Crippen molar-refractivity contribution in [3.8, 4) is 0 Å². The second kappa shape index (κ2) is 7.62. The van der Waals surface area contributed by atoms with Crippen LogP contribution in [0.15, 0.2) is 30.3 Å². The Bertz CT molecular complexity index is 711. The molecule has 24 heavy (non-hydrogen) atoms. The van der Waals surface area contributed by atoms with E-state index in [1.807, 2.05) is 37.3 Å². The van der Waals surface area contributed by atoms with Crippen LogP contribution in [0.25, 0.3) is 0 Å².